The zero-order valence-corrected chi connectivity index (χ0v) is 27.1. The van der Waals surface area contributed by atoms with E-state index in [1.54, 1.807) is 0 Å². The van der Waals surface area contributed by atoms with Crippen molar-refractivity contribution in [1.29, 1.82) is 0 Å². The van der Waals surface area contributed by atoms with Crippen molar-refractivity contribution in [3.63, 3.8) is 0 Å². The first-order chi connectivity index (χ1) is 23.8. The molecule has 0 saturated heterocycles. The van der Waals surface area contributed by atoms with Gasteiger partial charge in [0.2, 0.25) is 0 Å². The molecule has 1 aromatic heterocycles. The number of hydrogen-bond donors (Lipinski definition) is 0. The molecule has 0 atom stereocenters. The lowest BCUT2D eigenvalue weighted by molar-refractivity contribution is 1.28. The number of hydrogen-bond acceptors (Lipinski definition) is 2. The van der Waals surface area contributed by atoms with Gasteiger partial charge in [-0.2, -0.15) is 0 Å². The van der Waals surface area contributed by atoms with Crippen LogP contribution in [0.4, 0.5) is 17.1 Å². The van der Waals surface area contributed by atoms with Gasteiger partial charge in [0.1, 0.15) is 0 Å². The van der Waals surface area contributed by atoms with Crippen molar-refractivity contribution in [2.24, 2.45) is 0 Å². The maximum atomic E-state index is 2.44. The average Bonchev–Trinajstić information content (AvgIpc) is 3.55. The van der Waals surface area contributed by atoms with Crippen LogP contribution in [0.3, 0.4) is 0 Å². The normalized spacial score (nSPS) is 11.3. The summed E-state index contributed by atoms with van der Waals surface area (Å²) in [4.78, 5) is 2.44. The summed E-state index contributed by atoms with van der Waals surface area (Å²) in [5, 5.41) is 5.13. The predicted molar refractivity (Wildman–Crippen MR) is 208 cm³/mol. The van der Waals surface area contributed by atoms with Gasteiger partial charge in [-0.3, -0.25) is 0 Å². The van der Waals surface area contributed by atoms with E-state index in [9.17, 15) is 0 Å². The Labute approximate surface area is 284 Å². The lowest BCUT2D eigenvalue weighted by Crippen LogP contribution is -2.12. The Kier molecular flexibility index (Phi) is 7.07. The van der Waals surface area contributed by atoms with E-state index in [2.05, 4.69) is 193 Å². The number of fused-ring (bicyclic) bond motifs is 4. The van der Waals surface area contributed by atoms with Crippen molar-refractivity contribution in [1.82, 2.24) is 0 Å². The van der Waals surface area contributed by atoms with Crippen LogP contribution in [0.1, 0.15) is 0 Å². The second kappa shape index (κ2) is 12.0. The summed E-state index contributed by atoms with van der Waals surface area (Å²) in [7, 11) is 0. The van der Waals surface area contributed by atoms with Crippen LogP contribution in [0.2, 0.25) is 0 Å². The number of benzene rings is 8. The summed E-state index contributed by atoms with van der Waals surface area (Å²) in [6.07, 6.45) is 0. The van der Waals surface area contributed by atoms with Gasteiger partial charge in [0.25, 0.3) is 0 Å². The van der Waals surface area contributed by atoms with Crippen LogP contribution in [0.5, 0.6) is 0 Å². The summed E-state index contributed by atoms with van der Waals surface area (Å²) < 4.78 is 2.62. The molecule has 0 fully saturated rings. The van der Waals surface area contributed by atoms with Crippen molar-refractivity contribution in [3.05, 3.63) is 188 Å². The Hall–Kier alpha value is -5.96. The van der Waals surface area contributed by atoms with Gasteiger partial charge in [-0.1, -0.05) is 152 Å². The largest absolute Gasteiger partial charge is 0.309 e. The fraction of sp³-hybridized carbons (Fsp3) is 0. The summed E-state index contributed by atoms with van der Waals surface area (Å²) in [6, 6.07) is 68.1. The highest BCUT2D eigenvalue weighted by molar-refractivity contribution is 7.25. The van der Waals surface area contributed by atoms with E-state index in [1.807, 2.05) is 11.3 Å². The zero-order valence-electron chi connectivity index (χ0n) is 26.3. The van der Waals surface area contributed by atoms with Crippen LogP contribution in [-0.2, 0) is 0 Å². The molecule has 2 heteroatoms. The van der Waals surface area contributed by atoms with Crippen molar-refractivity contribution in [3.8, 4) is 33.4 Å². The van der Waals surface area contributed by atoms with Crippen LogP contribution in [-0.4, -0.2) is 0 Å². The summed E-state index contributed by atoms with van der Waals surface area (Å²) >= 11 is 1.86. The van der Waals surface area contributed by atoms with E-state index >= 15 is 0 Å². The molecule has 0 bridgehead atoms. The van der Waals surface area contributed by atoms with Gasteiger partial charge in [0, 0.05) is 37.0 Å². The first kappa shape index (κ1) is 28.3. The van der Waals surface area contributed by atoms with Gasteiger partial charge >= 0.3 is 0 Å². The highest BCUT2D eigenvalue weighted by atomic mass is 32.1. The third kappa shape index (κ3) is 4.86. The Bertz CT molecular complexity index is 2560. The quantitative estimate of drug-likeness (QED) is 0.177. The fourth-order valence-electron chi connectivity index (χ4n) is 7.10. The van der Waals surface area contributed by atoms with Gasteiger partial charge in [-0.05, 0) is 69.4 Å². The lowest BCUT2D eigenvalue weighted by atomic mass is 9.95. The summed E-state index contributed by atoms with van der Waals surface area (Å²) in [5.41, 5.74) is 10.7. The molecule has 0 aliphatic heterocycles. The molecule has 0 radical (unpaired) electrons. The molecular weight excluding hydrogens is 599 g/mol. The van der Waals surface area contributed by atoms with Crippen molar-refractivity contribution < 1.29 is 0 Å². The fourth-order valence-corrected chi connectivity index (χ4v) is 8.23. The average molecular weight is 630 g/mol. The molecule has 8 aromatic carbocycles. The molecule has 0 saturated carbocycles. The van der Waals surface area contributed by atoms with E-state index < -0.39 is 0 Å². The van der Waals surface area contributed by atoms with Crippen LogP contribution >= 0.6 is 11.3 Å². The molecule has 226 valence electrons. The van der Waals surface area contributed by atoms with Crippen molar-refractivity contribution >= 4 is 59.3 Å². The molecule has 0 N–H and O–H groups in total. The van der Waals surface area contributed by atoms with Gasteiger partial charge in [0.05, 0.1) is 11.4 Å². The second-order valence-electron chi connectivity index (χ2n) is 12.1. The molecule has 1 nitrogen and oxygen atoms in total. The smallest absolute Gasteiger partial charge is 0.0540 e. The number of para-hydroxylation sites is 2. The van der Waals surface area contributed by atoms with Gasteiger partial charge < -0.3 is 4.90 Å². The SMILES string of the molecule is c1ccc(-c2ccccc2N(c2ccc(-c3cccc4ccccc34)cc2)c2ccccc2-c2cccc3sc4ccccc4c23)cc1. The van der Waals surface area contributed by atoms with E-state index in [-0.39, 0.29) is 0 Å². The van der Waals surface area contributed by atoms with Gasteiger partial charge in [-0.25, -0.2) is 0 Å². The van der Waals surface area contributed by atoms with E-state index in [4.69, 9.17) is 0 Å². The number of nitrogens with zero attached hydrogens (tertiary/aromatic N) is 1. The first-order valence-corrected chi connectivity index (χ1v) is 17.2. The highest BCUT2D eigenvalue weighted by Crippen LogP contribution is 2.48. The third-order valence-corrected chi connectivity index (χ3v) is 10.4. The molecule has 0 spiro atoms. The minimum Gasteiger partial charge on any atom is -0.309 e. The maximum Gasteiger partial charge on any atom is 0.0540 e. The zero-order chi connectivity index (χ0) is 31.9. The molecule has 1 heterocycles. The summed E-state index contributed by atoms with van der Waals surface area (Å²) in [6.45, 7) is 0. The molecule has 0 unspecified atom stereocenters. The molecule has 9 rings (SSSR count). The van der Waals surface area contributed by atoms with Crippen LogP contribution in [0, 0.1) is 0 Å². The molecule has 0 amide bonds. The Balaban J connectivity index is 1.28. The van der Waals surface area contributed by atoms with E-state index in [0.29, 0.717) is 0 Å². The number of rotatable bonds is 6. The predicted octanol–water partition coefficient (Wildman–Crippen LogP) is 13.7. The van der Waals surface area contributed by atoms with E-state index in [0.717, 1.165) is 17.1 Å². The lowest BCUT2D eigenvalue weighted by Gasteiger charge is -2.30. The van der Waals surface area contributed by atoms with E-state index in [1.165, 1.54) is 64.3 Å². The number of anilines is 3. The topological polar surface area (TPSA) is 3.24 Å². The Morgan fingerprint density at radius 3 is 1.71 bits per heavy atom. The number of thiophene rings is 1. The van der Waals surface area contributed by atoms with Crippen molar-refractivity contribution in [2.45, 2.75) is 0 Å². The van der Waals surface area contributed by atoms with Crippen LogP contribution < -0.4 is 4.90 Å². The Morgan fingerprint density at radius 1 is 0.333 bits per heavy atom. The molecule has 48 heavy (non-hydrogen) atoms. The minimum absolute atomic E-state index is 1.11. The molecular formula is C46H31NS. The highest BCUT2D eigenvalue weighted by Gasteiger charge is 2.22. The molecule has 0 aliphatic rings. The van der Waals surface area contributed by atoms with Crippen molar-refractivity contribution in [2.75, 3.05) is 4.90 Å². The summed E-state index contributed by atoms with van der Waals surface area (Å²) in [5.74, 6) is 0. The van der Waals surface area contributed by atoms with Gasteiger partial charge in [-0.15, -0.1) is 11.3 Å². The first-order valence-electron chi connectivity index (χ1n) is 16.4. The standard InChI is InChI=1S/C46H31NS/c1-2-14-33(15-3-1)38-19-6-9-24-42(38)47(35-30-28-34(29-31-35)37-22-12-17-32-16-4-5-18-36(32)37)43-25-10-7-20-39(43)40-23-13-27-45-46(40)41-21-8-11-26-44(41)48-45/h1-31H. The molecule has 9 aromatic rings. The minimum atomic E-state index is 1.11. The van der Waals surface area contributed by atoms with Crippen LogP contribution in [0.15, 0.2) is 188 Å². The van der Waals surface area contributed by atoms with Gasteiger partial charge in [0.15, 0.2) is 0 Å². The second-order valence-corrected chi connectivity index (χ2v) is 13.2. The third-order valence-electron chi connectivity index (χ3n) is 9.29. The molecule has 0 aliphatic carbocycles. The Morgan fingerprint density at radius 2 is 0.875 bits per heavy atom. The van der Waals surface area contributed by atoms with Crippen LogP contribution in [0.25, 0.3) is 64.3 Å². The monoisotopic (exact) mass is 629 g/mol. The maximum absolute atomic E-state index is 2.44.